The third-order valence-corrected chi connectivity index (χ3v) is 9.74. The molecule has 2 saturated carbocycles. The highest BCUT2D eigenvalue weighted by molar-refractivity contribution is 5.73. The topological polar surface area (TPSA) is 35.5 Å². The van der Waals surface area contributed by atoms with Crippen molar-refractivity contribution in [2.45, 2.75) is 97.7 Å². The van der Waals surface area contributed by atoms with Crippen LogP contribution >= 0.6 is 0 Å². The molecule has 2 fully saturated rings. The van der Waals surface area contributed by atoms with Gasteiger partial charge in [0, 0.05) is 5.92 Å². The van der Waals surface area contributed by atoms with Crippen LogP contribution in [-0.2, 0) is 19.9 Å². The highest BCUT2D eigenvalue weighted by atomic mass is 16.6. The predicted octanol–water partition coefficient (Wildman–Crippen LogP) is 9.64. The van der Waals surface area contributed by atoms with Crippen LogP contribution in [0, 0.1) is 35.5 Å². The van der Waals surface area contributed by atoms with Crippen molar-refractivity contribution in [1.29, 1.82) is 0 Å². The Morgan fingerprint density at radius 1 is 0.744 bits per heavy atom. The number of allylic oxidation sites excluding steroid dienone is 1. The Bertz CT molecular complexity index is 1040. The van der Waals surface area contributed by atoms with Gasteiger partial charge in [0.25, 0.3) is 0 Å². The number of hydrogen-bond donors (Lipinski definition) is 0. The van der Waals surface area contributed by atoms with Crippen LogP contribution < -0.4 is 0 Å². The molecule has 3 nitrogen and oxygen atoms in total. The second kappa shape index (κ2) is 13.2. The quantitative estimate of drug-likeness (QED) is 0.227. The molecule has 4 rings (SSSR count). The maximum atomic E-state index is 13.7. The zero-order valence-corrected chi connectivity index (χ0v) is 24.9. The Morgan fingerprint density at radius 3 is 1.69 bits per heavy atom. The van der Waals surface area contributed by atoms with Crippen LogP contribution in [0.15, 0.2) is 73.0 Å². The Morgan fingerprint density at radius 2 is 1.21 bits per heavy atom. The molecule has 0 bridgehead atoms. The molecule has 0 saturated heterocycles. The first kappa shape index (κ1) is 29.4. The molecule has 0 unspecified atom stereocenters. The van der Waals surface area contributed by atoms with Crippen molar-refractivity contribution in [1.82, 2.24) is 0 Å². The normalized spacial score (nSPS) is 26.0. The van der Waals surface area contributed by atoms with Crippen LogP contribution in [-0.4, -0.2) is 5.97 Å². The molecule has 2 aromatic rings. The van der Waals surface area contributed by atoms with Crippen molar-refractivity contribution in [2.24, 2.45) is 35.5 Å². The maximum Gasteiger partial charge on any atom is 0.309 e. The van der Waals surface area contributed by atoms with Gasteiger partial charge in [-0.3, -0.25) is 4.79 Å². The molecule has 39 heavy (non-hydrogen) atoms. The minimum Gasteiger partial charge on any atom is -0.483 e. The van der Waals surface area contributed by atoms with E-state index in [1.54, 1.807) is 0 Å². The zero-order valence-electron chi connectivity index (χ0n) is 24.9. The van der Waals surface area contributed by atoms with Crippen molar-refractivity contribution in [3.05, 3.63) is 84.1 Å². The third-order valence-electron chi connectivity index (χ3n) is 9.74. The molecular formula is C36H50O3. The second-order valence-corrected chi connectivity index (χ2v) is 13.0. The molecule has 0 N–H and O–H groups in total. The molecule has 2 aliphatic rings. The second-order valence-electron chi connectivity index (χ2n) is 13.0. The van der Waals surface area contributed by atoms with Gasteiger partial charge in [0.05, 0.1) is 11.7 Å². The molecule has 2 aromatic carbocycles. The summed E-state index contributed by atoms with van der Waals surface area (Å²) in [4.78, 5) is 13.7. The van der Waals surface area contributed by atoms with E-state index >= 15 is 0 Å². The summed E-state index contributed by atoms with van der Waals surface area (Å²) in [5, 5.41) is 0. The number of benzene rings is 2. The summed E-state index contributed by atoms with van der Waals surface area (Å²) in [5.74, 6) is 3.84. The van der Waals surface area contributed by atoms with Crippen LogP contribution in [0.3, 0.4) is 0 Å². The van der Waals surface area contributed by atoms with E-state index in [4.69, 9.17) is 9.47 Å². The first-order valence-electron chi connectivity index (χ1n) is 15.4. The van der Waals surface area contributed by atoms with Crippen molar-refractivity contribution >= 4 is 5.97 Å². The lowest BCUT2D eigenvalue weighted by Gasteiger charge is -2.41. The smallest absolute Gasteiger partial charge is 0.309 e. The molecule has 2 aliphatic carbocycles. The summed E-state index contributed by atoms with van der Waals surface area (Å²) < 4.78 is 13.5. The number of rotatable bonds is 10. The molecule has 0 amide bonds. The molecule has 3 heteroatoms. The Hall–Kier alpha value is -2.55. The molecule has 0 spiro atoms. The van der Waals surface area contributed by atoms with E-state index in [1.165, 1.54) is 12.8 Å². The van der Waals surface area contributed by atoms with Gasteiger partial charge in [0.2, 0.25) is 0 Å². The number of ether oxygens (including phenoxy) is 2. The standard InChI is InChI=1S/C36H50O3/c1-25(2)28-17-21-30(22-18-28)27(5)39-36(6,33-15-11-8-12-16-33)34(31-13-9-7-10-14-31)38-35(37)32-23-19-29(20-24-32)26(3)4/h7-16,25-26,28-30,32,34H,5,17-24H2,1-4,6H3/t28?,29?,30?,32?,34-,36-/m1/s1. The Balaban J connectivity index is 1.60. The van der Waals surface area contributed by atoms with Crippen molar-refractivity contribution < 1.29 is 14.3 Å². The van der Waals surface area contributed by atoms with Gasteiger partial charge in [-0.15, -0.1) is 0 Å². The molecule has 0 radical (unpaired) electrons. The van der Waals surface area contributed by atoms with Crippen LogP contribution in [0.4, 0.5) is 0 Å². The predicted molar refractivity (Wildman–Crippen MR) is 160 cm³/mol. The van der Waals surface area contributed by atoms with Gasteiger partial charge in [-0.25, -0.2) is 0 Å². The number of carbonyl (C=O) groups is 1. The summed E-state index contributed by atoms with van der Waals surface area (Å²) in [7, 11) is 0. The lowest BCUT2D eigenvalue weighted by molar-refractivity contribution is -0.176. The van der Waals surface area contributed by atoms with E-state index in [-0.39, 0.29) is 11.9 Å². The minimum atomic E-state index is -0.903. The fraction of sp³-hybridized carbons (Fsp3) is 0.583. The van der Waals surface area contributed by atoms with Crippen molar-refractivity contribution in [2.75, 3.05) is 0 Å². The SMILES string of the molecule is C=C(O[C@](C)(c1ccccc1)[C@H](OC(=O)C1CCC(C(C)C)CC1)c1ccccc1)C1CCC(C(C)C)CC1. The Kier molecular flexibility index (Phi) is 9.96. The molecule has 0 aliphatic heterocycles. The number of carbonyl (C=O) groups excluding carboxylic acids is 1. The number of esters is 1. The molecule has 2 atom stereocenters. The zero-order chi connectivity index (χ0) is 28.0. The van der Waals surface area contributed by atoms with Gasteiger partial charge in [-0.05, 0) is 93.1 Å². The molecule has 0 aromatic heterocycles. The van der Waals surface area contributed by atoms with Gasteiger partial charge in [-0.2, -0.15) is 0 Å². The molecule has 212 valence electrons. The largest absolute Gasteiger partial charge is 0.483 e. The maximum absolute atomic E-state index is 13.7. The summed E-state index contributed by atoms with van der Waals surface area (Å²) >= 11 is 0. The van der Waals surface area contributed by atoms with Crippen LogP contribution in [0.2, 0.25) is 0 Å². The van der Waals surface area contributed by atoms with Crippen LogP contribution in [0.1, 0.15) is 103 Å². The monoisotopic (exact) mass is 530 g/mol. The van der Waals surface area contributed by atoms with Crippen LogP contribution in [0.25, 0.3) is 0 Å². The van der Waals surface area contributed by atoms with Gasteiger partial charge in [-0.1, -0.05) is 94.9 Å². The van der Waals surface area contributed by atoms with E-state index in [1.807, 2.05) is 36.4 Å². The fourth-order valence-electron chi connectivity index (χ4n) is 6.86. The average Bonchev–Trinajstić information content (AvgIpc) is 2.96. The summed E-state index contributed by atoms with van der Waals surface area (Å²) in [6.07, 6.45) is 8.02. The first-order valence-corrected chi connectivity index (χ1v) is 15.4. The van der Waals surface area contributed by atoms with E-state index in [0.717, 1.165) is 61.3 Å². The molecular weight excluding hydrogens is 480 g/mol. The van der Waals surface area contributed by atoms with Crippen LogP contribution in [0.5, 0.6) is 0 Å². The fourth-order valence-corrected chi connectivity index (χ4v) is 6.86. The lowest BCUT2D eigenvalue weighted by Crippen LogP contribution is -2.39. The average molecular weight is 531 g/mol. The van der Waals surface area contributed by atoms with Gasteiger partial charge in [0.1, 0.15) is 0 Å². The van der Waals surface area contributed by atoms with Gasteiger partial charge < -0.3 is 9.47 Å². The van der Waals surface area contributed by atoms with E-state index in [9.17, 15) is 4.79 Å². The van der Waals surface area contributed by atoms with E-state index in [0.29, 0.717) is 23.7 Å². The highest BCUT2D eigenvalue weighted by Gasteiger charge is 2.45. The summed E-state index contributed by atoms with van der Waals surface area (Å²) in [5.41, 5.74) is 1.04. The summed E-state index contributed by atoms with van der Waals surface area (Å²) in [6, 6.07) is 20.4. The van der Waals surface area contributed by atoms with Gasteiger partial charge in [0.15, 0.2) is 11.7 Å². The lowest BCUT2D eigenvalue weighted by atomic mass is 9.76. The minimum absolute atomic E-state index is 0.0549. The first-order chi connectivity index (χ1) is 18.7. The van der Waals surface area contributed by atoms with Crippen molar-refractivity contribution in [3.8, 4) is 0 Å². The summed E-state index contributed by atoms with van der Waals surface area (Å²) in [6.45, 7) is 15.8. The number of hydrogen-bond acceptors (Lipinski definition) is 3. The van der Waals surface area contributed by atoms with Gasteiger partial charge >= 0.3 is 5.97 Å². The Labute approximate surface area is 237 Å². The molecule has 0 heterocycles. The van der Waals surface area contributed by atoms with Crippen molar-refractivity contribution in [3.63, 3.8) is 0 Å². The van der Waals surface area contributed by atoms with E-state index < -0.39 is 11.7 Å². The van der Waals surface area contributed by atoms with E-state index in [2.05, 4.69) is 65.5 Å². The third kappa shape index (κ3) is 7.16. The highest BCUT2D eigenvalue weighted by Crippen LogP contribution is 2.46.